The van der Waals surface area contributed by atoms with Gasteiger partial charge >= 0.3 is 17.9 Å². The van der Waals surface area contributed by atoms with Gasteiger partial charge in [0, 0.05) is 20.0 Å². The third-order valence-electron chi connectivity index (χ3n) is 2.95. The van der Waals surface area contributed by atoms with Crippen LogP contribution in [0.4, 0.5) is 0 Å². The fourth-order valence-electron chi connectivity index (χ4n) is 1.85. The first-order valence-electron chi connectivity index (χ1n) is 7.53. The Morgan fingerprint density at radius 1 is 1.16 bits per heavy atom. The fraction of sp³-hybridized carbons (Fsp3) is 0.500. The van der Waals surface area contributed by atoms with E-state index >= 15 is 0 Å². The van der Waals surface area contributed by atoms with Gasteiger partial charge < -0.3 is 23.5 Å². The zero-order chi connectivity index (χ0) is 18.8. The molecule has 0 saturated heterocycles. The van der Waals surface area contributed by atoms with Gasteiger partial charge in [0.2, 0.25) is 0 Å². The zero-order valence-electron chi connectivity index (χ0n) is 14.3. The van der Waals surface area contributed by atoms with Crippen LogP contribution in [-0.4, -0.2) is 48.4 Å². The summed E-state index contributed by atoms with van der Waals surface area (Å²) >= 11 is 0. The number of aromatic nitrogens is 1. The Morgan fingerprint density at radius 2 is 1.76 bits per heavy atom. The molecule has 0 aliphatic carbocycles. The molecule has 0 bridgehead atoms. The molecule has 0 saturated carbocycles. The van der Waals surface area contributed by atoms with E-state index in [0.29, 0.717) is 0 Å². The standard InChI is InChI=1S/C16H20N2O7/c1-4-22-16(21)15-13(7-17)5-6-18(15)10-25-14(8-23-11(2)19)9-24-12(3)20/h5-6,14H,4,8-10H2,1-3H3. The fourth-order valence-corrected chi connectivity index (χ4v) is 1.85. The lowest BCUT2D eigenvalue weighted by Gasteiger charge is -2.18. The summed E-state index contributed by atoms with van der Waals surface area (Å²) in [6, 6.07) is 3.37. The molecular weight excluding hydrogens is 332 g/mol. The van der Waals surface area contributed by atoms with Crippen LogP contribution in [0.1, 0.15) is 36.8 Å². The van der Waals surface area contributed by atoms with Crippen LogP contribution in [0.5, 0.6) is 0 Å². The summed E-state index contributed by atoms with van der Waals surface area (Å²) in [6.07, 6.45) is 0.773. The van der Waals surface area contributed by atoms with Gasteiger partial charge in [0.05, 0.1) is 12.2 Å². The SMILES string of the molecule is CCOC(=O)c1c(C#N)ccn1COC(COC(C)=O)COC(C)=O. The molecule has 1 aromatic heterocycles. The van der Waals surface area contributed by atoms with E-state index in [1.807, 2.05) is 6.07 Å². The maximum atomic E-state index is 12.0. The number of carbonyl (C=O) groups excluding carboxylic acids is 3. The van der Waals surface area contributed by atoms with Crippen molar-refractivity contribution < 1.29 is 33.3 Å². The van der Waals surface area contributed by atoms with Crippen molar-refractivity contribution in [2.24, 2.45) is 0 Å². The highest BCUT2D eigenvalue weighted by molar-refractivity contribution is 5.90. The van der Waals surface area contributed by atoms with E-state index in [9.17, 15) is 14.4 Å². The Morgan fingerprint density at radius 3 is 2.24 bits per heavy atom. The van der Waals surface area contributed by atoms with Gasteiger partial charge in [-0.3, -0.25) is 9.59 Å². The van der Waals surface area contributed by atoms with E-state index in [0.717, 1.165) is 0 Å². The van der Waals surface area contributed by atoms with Crippen LogP contribution in [0.15, 0.2) is 12.3 Å². The predicted molar refractivity (Wildman–Crippen MR) is 83.2 cm³/mol. The molecule has 0 fully saturated rings. The summed E-state index contributed by atoms with van der Waals surface area (Å²) in [4.78, 5) is 33.9. The highest BCUT2D eigenvalue weighted by Crippen LogP contribution is 2.13. The molecule has 0 unspecified atom stereocenters. The normalized spacial score (nSPS) is 10.2. The van der Waals surface area contributed by atoms with Crippen molar-refractivity contribution in [3.8, 4) is 6.07 Å². The first-order chi connectivity index (χ1) is 11.9. The van der Waals surface area contributed by atoms with Gasteiger partial charge in [0.1, 0.15) is 37.8 Å². The second-order valence-electron chi connectivity index (χ2n) is 4.90. The predicted octanol–water partition coefficient (Wildman–Crippen LogP) is 1.01. The molecule has 0 aliphatic rings. The molecular formula is C16H20N2O7. The highest BCUT2D eigenvalue weighted by Gasteiger charge is 2.20. The molecule has 9 heteroatoms. The Kier molecular flexibility index (Phi) is 8.15. The van der Waals surface area contributed by atoms with Crippen molar-refractivity contribution in [2.75, 3.05) is 19.8 Å². The van der Waals surface area contributed by atoms with Crippen LogP contribution in [0.25, 0.3) is 0 Å². The summed E-state index contributed by atoms with van der Waals surface area (Å²) in [5.74, 6) is -1.66. The molecule has 9 nitrogen and oxygen atoms in total. The minimum atomic E-state index is -0.726. The molecule has 1 heterocycles. The van der Waals surface area contributed by atoms with Gasteiger partial charge in [-0.2, -0.15) is 5.26 Å². The van der Waals surface area contributed by atoms with E-state index in [4.69, 9.17) is 24.2 Å². The van der Waals surface area contributed by atoms with Crippen molar-refractivity contribution in [3.05, 3.63) is 23.5 Å². The lowest BCUT2D eigenvalue weighted by molar-refractivity contribution is -0.154. The van der Waals surface area contributed by atoms with Crippen molar-refractivity contribution in [1.29, 1.82) is 5.26 Å². The van der Waals surface area contributed by atoms with Gasteiger partial charge in [-0.25, -0.2) is 4.79 Å². The molecule has 0 N–H and O–H groups in total. The highest BCUT2D eigenvalue weighted by atomic mass is 16.6. The van der Waals surface area contributed by atoms with Gasteiger partial charge in [-0.15, -0.1) is 0 Å². The Labute approximate surface area is 145 Å². The monoisotopic (exact) mass is 352 g/mol. The third-order valence-corrected chi connectivity index (χ3v) is 2.95. The third kappa shape index (κ3) is 6.64. The van der Waals surface area contributed by atoms with Crippen LogP contribution in [-0.2, 0) is 35.3 Å². The summed E-state index contributed by atoms with van der Waals surface area (Å²) < 4.78 is 21.6. The number of hydrogen-bond donors (Lipinski definition) is 0. The number of carbonyl (C=O) groups is 3. The first-order valence-corrected chi connectivity index (χ1v) is 7.53. The molecule has 0 aromatic carbocycles. The van der Waals surface area contributed by atoms with E-state index < -0.39 is 24.0 Å². The summed E-state index contributed by atoms with van der Waals surface area (Å²) in [5.41, 5.74) is 0.210. The topological polar surface area (TPSA) is 117 Å². The smallest absolute Gasteiger partial charge is 0.356 e. The van der Waals surface area contributed by atoms with Crippen molar-refractivity contribution in [1.82, 2.24) is 4.57 Å². The average molecular weight is 352 g/mol. The Balaban J connectivity index is 2.82. The van der Waals surface area contributed by atoms with E-state index in [1.54, 1.807) is 6.92 Å². The maximum absolute atomic E-state index is 12.0. The molecule has 1 aromatic rings. The molecule has 0 spiro atoms. The second kappa shape index (κ2) is 10.1. The van der Waals surface area contributed by atoms with E-state index in [1.165, 1.54) is 30.7 Å². The molecule has 0 aliphatic heterocycles. The lowest BCUT2D eigenvalue weighted by atomic mass is 10.2. The second-order valence-corrected chi connectivity index (χ2v) is 4.90. The maximum Gasteiger partial charge on any atom is 0.356 e. The van der Waals surface area contributed by atoms with Gasteiger partial charge in [0.15, 0.2) is 0 Å². The van der Waals surface area contributed by atoms with Crippen LogP contribution in [0.3, 0.4) is 0 Å². The van der Waals surface area contributed by atoms with Crippen LogP contribution < -0.4 is 0 Å². The van der Waals surface area contributed by atoms with Crippen LogP contribution >= 0.6 is 0 Å². The largest absolute Gasteiger partial charge is 0.463 e. The number of rotatable bonds is 9. The Bertz CT molecular complexity index is 642. The average Bonchev–Trinajstić information content (AvgIpc) is 2.97. The number of esters is 3. The molecule has 136 valence electrons. The Hall–Kier alpha value is -2.86. The number of ether oxygens (including phenoxy) is 4. The van der Waals surface area contributed by atoms with Crippen molar-refractivity contribution >= 4 is 17.9 Å². The molecule has 0 amide bonds. The quantitative estimate of drug-likeness (QED) is 0.477. The summed E-state index contributed by atoms with van der Waals surface area (Å²) in [7, 11) is 0. The van der Waals surface area contributed by atoms with Gasteiger partial charge in [-0.05, 0) is 13.0 Å². The zero-order valence-corrected chi connectivity index (χ0v) is 14.3. The lowest BCUT2D eigenvalue weighted by Crippen LogP contribution is -2.29. The minimum Gasteiger partial charge on any atom is -0.463 e. The van der Waals surface area contributed by atoms with Crippen LogP contribution in [0, 0.1) is 11.3 Å². The minimum absolute atomic E-state index is 0.0584. The van der Waals surface area contributed by atoms with Gasteiger partial charge in [0.25, 0.3) is 0 Å². The molecule has 0 atom stereocenters. The van der Waals surface area contributed by atoms with E-state index in [2.05, 4.69) is 0 Å². The first kappa shape index (κ1) is 20.2. The number of nitrogens with zero attached hydrogens (tertiary/aromatic N) is 2. The van der Waals surface area contributed by atoms with Gasteiger partial charge in [-0.1, -0.05) is 0 Å². The molecule has 1 rings (SSSR count). The molecule has 0 radical (unpaired) electrons. The van der Waals surface area contributed by atoms with Crippen LogP contribution in [0.2, 0.25) is 0 Å². The summed E-state index contributed by atoms with van der Waals surface area (Å²) in [6.45, 7) is 3.94. The van der Waals surface area contributed by atoms with E-state index in [-0.39, 0.29) is 37.8 Å². The van der Waals surface area contributed by atoms with Crippen molar-refractivity contribution in [2.45, 2.75) is 33.6 Å². The number of nitriles is 1. The number of hydrogen-bond acceptors (Lipinski definition) is 8. The van der Waals surface area contributed by atoms with Crippen molar-refractivity contribution in [3.63, 3.8) is 0 Å². The summed E-state index contributed by atoms with van der Waals surface area (Å²) in [5, 5.41) is 9.09. The molecule has 25 heavy (non-hydrogen) atoms.